The van der Waals surface area contributed by atoms with E-state index in [0.717, 1.165) is 34.3 Å². The fraction of sp³-hybridized carbons (Fsp3) is 0.105. The van der Waals surface area contributed by atoms with Crippen LogP contribution in [0, 0.1) is 0 Å². The molecule has 0 radical (unpaired) electrons. The van der Waals surface area contributed by atoms with Gasteiger partial charge >= 0.3 is 0 Å². The maximum Gasteiger partial charge on any atom is 0.255 e. The van der Waals surface area contributed by atoms with Gasteiger partial charge in [0.15, 0.2) is 5.16 Å². The molecule has 0 unspecified atom stereocenters. The van der Waals surface area contributed by atoms with Crippen LogP contribution in [0.15, 0.2) is 71.4 Å². The van der Waals surface area contributed by atoms with Gasteiger partial charge in [-0.3, -0.25) is 4.72 Å². The van der Waals surface area contributed by atoms with E-state index < -0.39 is 10.0 Å². The Balaban J connectivity index is 1.47. The number of benzene rings is 2. The second-order valence-corrected chi connectivity index (χ2v) is 8.52. The van der Waals surface area contributed by atoms with Crippen molar-refractivity contribution in [3.8, 4) is 11.3 Å². The highest BCUT2D eigenvalue weighted by atomic mass is 32.2. The minimum atomic E-state index is -3.56. The van der Waals surface area contributed by atoms with Crippen LogP contribution in [0.4, 0.5) is 5.69 Å². The zero-order valence-corrected chi connectivity index (χ0v) is 15.5. The maximum atomic E-state index is 12.2. The number of nitrogens with zero attached hydrogens (tertiary/aromatic N) is 2. The summed E-state index contributed by atoms with van der Waals surface area (Å²) in [6.45, 7) is 0.985. The number of rotatable bonds is 5. The van der Waals surface area contributed by atoms with E-state index in [1.54, 1.807) is 30.0 Å². The Morgan fingerprint density at radius 3 is 2.58 bits per heavy atom. The van der Waals surface area contributed by atoms with E-state index in [1.165, 1.54) is 5.41 Å². The Morgan fingerprint density at radius 1 is 1.08 bits per heavy atom. The molecule has 1 aliphatic rings. The standard InChI is InChI=1S/C19H17N3O2S2/c23-26(24,13-10-15-4-2-1-3-5-15)21-17-8-6-16(7-9-17)18-14-22-11-12-25-19(22)20-18/h1-10,13-14,21H,11-12H2/b13-10+. The quantitative estimate of drug-likeness (QED) is 0.721. The van der Waals surface area contributed by atoms with E-state index >= 15 is 0 Å². The van der Waals surface area contributed by atoms with Crippen LogP contribution < -0.4 is 4.72 Å². The summed E-state index contributed by atoms with van der Waals surface area (Å²) in [7, 11) is -3.56. The van der Waals surface area contributed by atoms with Crippen molar-refractivity contribution in [3.63, 3.8) is 0 Å². The molecular formula is C19H17N3O2S2. The number of hydrogen-bond acceptors (Lipinski definition) is 4. The maximum absolute atomic E-state index is 12.2. The molecule has 1 N–H and O–H groups in total. The Labute approximate surface area is 156 Å². The monoisotopic (exact) mass is 383 g/mol. The first-order chi connectivity index (χ1) is 12.6. The van der Waals surface area contributed by atoms with Gasteiger partial charge in [-0.1, -0.05) is 54.2 Å². The van der Waals surface area contributed by atoms with Gasteiger partial charge in [0.2, 0.25) is 0 Å². The van der Waals surface area contributed by atoms with Gasteiger partial charge in [0.1, 0.15) is 0 Å². The number of thioether (sulfide) groups is 1. The van der Waals surface area contributed by atoms with Crippen LogP contribution in [-0.2, 0) is 16.6 Å². The molecule has 1 aromatic heterocycles. The lowest BCUT2D eigenvalue weighted by molar-refractivity contribution is 0.609. The minimum absolute atomic E-state index is 0.521. The van der Waals surface area contributed by atoms with Crippen molar-refractivity contribution < 1.29 is 8.42 Å². The van der Waals surface area contributed by atoms with Crippen LogP contribution >= 0.6 is 11.8 Å². The van der Waals surface area contributed by atoms with Crippen LogP contribution in [0.5, 0.6) is 0 Å². The highest BCUT2D eigenvalue weighted by molar-refractivity contribution is 7.99. The van der Waals surface area contributed by atoms with Crippen molar-refractivity contribution in [1.82, 2.24) is 9.55 Å². The van der Waals surface area contributed by atoms with Gasteiger partial charge in [0, 0.05) is 29.7 Å². The average Bonchev–Trinajstić information content (AvgIpc) is 3.23. The molecule has 0 atom stereocenters. The molecule has 2 aromatic carbocycles. The summed E-state index contributed by atoms with van der Waals surface area (Å²) >= 11 is 1.75. The molecule has 1 aliphatic heterocycles. The molecule has 0 aliphatic carbocycles. The molecule has 26 heavy (non-hydrogen) atoms. The number of hydrogen-bond donors (Lipinski definition) is 1. The van der Waals surface area contributed by atoms with Gasteiger partial charge in [-0.15, -0.1) is 0 Å². The lowest BCUT2D eigenvalue weighted by Gasteiger charge is -2.05. The summed E-state index contributed by atoms with van der Waals surface area (Å²) in [6.07, 6.45) is 3.61. The Kier molecular flexibility index (Phi) is 4.57. The van der Waals surface area contributed by atoms with Crippen LogP contribution in [0.2, 0.25) is 0 Å². The predicted octanol–water partition coefficient (Wildman–Crippen LogP) is 4.07. The van der Waals surface area contributed by atoms with Gasteiger partial charge in [0.05, 0.1) is 11.1 Å². The topological polar surface area (TPSA) is 64.0 Å². The van der Waals surface area contributed by atoms with Crippen molar-refractivity contribution >= 4 is 33.5 Å². The first-order valence-electron chi connectivity index (χ1n) is 8.15. The van der Waals surface area contributed by atoms with E-state index in [4.69, 9.17) is 0 Å². The second-order valence-electron chi connectivity index (χ2n) is 5.89. The predicted molar refractivity (Wildman–Crippen MR) is 106 cm³/mol. The van der Waals surface area contributed by atoms with Crippen molar-refractivity contribution in [2.24, 2.45) is 0 Å². The normalized spacial score (nSPS) is 13.8. The summed E-state index contributed by atoms with van der Waals surface area (Å²) in [5.74, 6) is 1.07. The van der Waals surface area contributed by atoms with E-state index in [2.05, 4.69) is 14.3 Å². The van der Waals surface area contributed by atoms with E-state index in [1.807, 2.05) is 48.7 Å². The highest BCUT2D eigenvalue weighted by Crippen LogP contribution is 2.29. The number of aromatic nitrogens is 2. The van der Waals surface area contributed by atoms with Gasteiger partial charge < -0.3 is 4.57 Å². The third kappa shape index (κ3) is 3.84. The van der Waals surface area contributed by atoms with Crippen LogP contribution in [0.3, 0.4) is 0 Å². The molecular weight excluding hydrogens is 366 g/mol. The first-order valence-corrected chi connectivity index (χ1v) is 10.7. The van der Waals surface area contributed by atoms with Crippen molar-refractivity contribution in [1.29, 1.82) is 0 Å². The van der Waals surface area contributed by atoms with E-state index in [0.29, 0.717) is 5.69 Å². The zero-order valence-electron chi connectivity index (χ0n) is 13.9. The van der Waals surface area contributed by atoms with Gasteiger partial charge in [0.25, 0.3) is 10.0 Å². The summed E-state index contributed by atoms with van der Waals surface area (Å²) in [4.78, 5) is 4.60. The van der Waals surface area contributed by atoms with Crippen molar-refractivity contribution in [2.75, 3.05) is 10.5 Å². The number of nitrogens with one attached hydrogen (secondary N) is 1. The molecule has 0 spiro atoms. The number of imidazole rings is 1. The molecule has 0 amide bonds. The molecule has 132 valence electrons. The van der Waals surface area contributed by atoms with Crippen LogP contribution in [0.1, 0.15) is 5.56 Å². The number of fused-ring (bicyclic) bond motifs is 1. The van der Waals surface area contributed by atoms with Gasteiger partial charge in [-0.2, -0.15) is 0 Å². The number of aryl methyl sites for hydroxylation is 1. The summed E-state index contributed by atoms with van der Waals surface area (Å²) < 4.78 is 29.1. The molecule has 4 rings (SSSR count). The minimum Gasteiger partial charge on any atom is -0.325 e. The van der Waals surface area contributed by atoms with Crippen LogP contribution in [0.25, 0.3) is 17.3 Å². The molecule has 0 fully saturated rings. The van der Waals surface area contributed by atoms with Crippen molar-refractivity contribution in [2.45, 2.75) is 11.7 Å². The molecule has 2 heterocycles. The Hall–Kier alpha value is -2.51. The van der Waals surface area contributed by atoms with E-state index in [-0.39, 0.29) is 0 Å². The summed E-state index contributed by atoms with van der Waals surface area (Å²) in [5, 5.41) is 2.21. The second kappa shape index (κ2) is 7.01. The Morgan fingerprint density at radius 2 is 1.85 bits per heavy atom. The molecule has 5 nitrogen and oxygen atoms in total. The molecule has 7 heteroatoms. The largest absolute Gasteiger partial charge is 0.325 e. The SMILES string of the molecule is O=S(=O)(/C=C/c1ccccc1)Nc1ccc(-c2cn3c(n2)SCC3)cc1. The lowest BCUT2D eigenvalue weighted by atomic mass is 10.1. The molecule has 0 saturated heterocycles. The summed E-state index contributed by atoms with van der Waals surface area (Å²) in [5.41, 5.74) is 3.23. The van der Waals surface area contributed by atoms with Crippen molar-refractivity contribution in [3.05, 3.63) is 71.8 Å². The molecule has 0 saturated carbocycles. The summed E-state index contributed by atoms with van der Waals surface area (Å²) in [6, 6.07) is 16.6. The molecule has 3 aromatic rings. The third-order valence-corrected chi connectivity index (χ3v) is 5.97. The van der Waals surface area contributed by atoms with Gasteiger partial charge in [-0.25, -0.2) is 13.4 Å². The Bertz CT molecular complexity index is 1020. The fourth-order valence-electron chi connectivity index (χ4n) is 2.69. The van der Waals surface area contributed by atoms with E-state index in [9.17, 15) is 8.42 Å². The average molecular weight is 383 g/mol. The van der Waals surface area contributed by atoms with Gasteiger partial charge in [-0.05, 0) is 23.8 Å². The highest BCUT2D eigenvalue weighted by Gasteiger charge is 2.15. The lowest BCUT2D eigenvalue weighted by Crippen LogP contribution is -2.08. The zero-order chi connectivity index (χ0) is 18.0. The number of anilines is 1. The smallest absolute Gasteiger partial charge is 0.255 e. The molecule has 0 bridgehead atoms. The third-order valence-electron chi connectivity index (χ3n) is 3.98. The fourth-order valence-corrected chi connectivity index (χ4v) is 4.50. The number of sulfonamides is 1. The van der Waals surface area contributed by atoms with Crippen LogP contribution in [-0.4, -0.2) is 23.7 Å². The first kappa shape index (κ1) is 16.9.